The summed E-state index contributed by atoms with van der Waals surface area (Å²) in [4.78, 5) is 0. The van der Waals surface area contributed by atoms with Crippen LogP contribution in [0.5, 0.6) is 5.75 Å². The van der Waals surface area contributed by atoms with Gasteiger partial charge in [-0.05, 0) is 35.5 Å². The second-order valence-corrected chi connectivity index (χ2v) is 3.96. The number of aromatic nitrogens is 4. The van der Waals surface area contributed by atoms with Gasteiger partial charge in [-0.15, -0.1) is 5.10 Å². The number of halogens is 1. The van der Waals surface area contributed by atoms with Gasteiger partial charge in [0.1, 0.15) is 5.75 Å². The molecule has 17 heavy (non-hydrogen) atoms. The van der Waals surface area contributed by atoms with E-state index in [2.05, 4.69) is 15.5 Å². The van der Waals surface area contributed by atoms with Crippen LogP contribution in [0.3, 0.4) is 0 Å². The van der Waals surface area contributed by atoms with Gasteiger partial charge in [-0.2, -0.15) is 4.68 Å². The molecule has 0 spiro atoms. The molecule has 0 aliphatic carbocycles. The SMILES string of the molecule is COc1ccc(-n2nnnc2C(C)N)cc1Cl. The largest absolute Gasteiger partial charge is 0.495 e. The Hall–Kier alpha value is -1.66. The van der Waals surface area contributed by atoms with Gasteiger partial charge in [0.15, 0.2) is 5.82 Å². The van der Waals surface area contributed by atoms with Crippen molar-refractivity contribution in [1.29, 1.82) is 0 Å². The molecule has 1 heterocycles. The Morgan fingerprint density at radius 1 is 1.47 bits per heavy atom. The summed E-state index contributed by atoms with van der Waals surface area (Å²) in [6.07, 6.45) is 0. The van der Waals surface area contributed by atoms with Crippen molar-refractivity contribution in [2.24, 2.45) is 5.73 Å². The molecule has 0 bridgehead atoms. The topological polar surface area (TPSA) is 78.8 Å². The molecule has 0 saturated carbocycles. The van der Waals surface area contributed by atoms with Crippen LogP contribution in [-0.4, -0.2) is 27.3 Å². The highest BCUT2D eigenvalue weighted by Gasteiger charge is 2.13. The number of nitrogens with zero attached hydrogens (tertiary/aromatic N) is 4. The molecule has 0 aliphatic rings. The zero-order valence-electron chi connectivity index (χ0n) is 9.46. The molecule has 2 N–H and O–H groups in total. The predicted molar refractivity (Wildman–Crippen MR) is 63.3 cm³/mol. The highest BCUT2D eigenvalue weighted by molar-refractivity contribution is 6.32. The summed E-state index contributed by atoms with van der Waals surface area (Å²) in [5, 5.41) is 11.8. The molecule has 0 radical (unpaired) electrons. The van der Waals surface area contributed by atoms with Crippen LogP contribution in [0, 0.1) is 0 Å². The summed E-state index contributed by atoms with van der Waals surface area (Å²) in [7, 11) is 1.56. The lowest BCUT2D eigenvalue weighted by molar-refractivity contribution is 0.415. The van der Waals surface area contributed by atoms with E-state index in [0.717, 1.165) is 5.69 Å². The first-order chi connectivity index (χ1) is 8.13. The molecule has 0 fully saturated rings. The van der Waals surface area contributed by atoms with Crippen LogP contribution in [0.25, 0.3) is 5.69 Å². The van der Waals surface area contributed by atoms with E-state index in [1.807, 2.05) is 13.0 Å². The Bertz CT molecular complexity index is 525. The lowest BCUT2D eigenvalue weighted by Gasteiger charge is -2.08. The maximum atomic E-state index is 6.04. The molecule has 0 amide bonds. The van der Waals surface area contributed by atoms with Gasteiger partial charge in [0.25, 0.3) is 0 Å². The van der Waals surface area contributed by atoms with Crippen molar-refractivity contribution in [2.75, 3.05) is 7.11 Å². The van der Waals surface area contributed by atoms with E-state index < -0.39 is 0 Å². The normalized spacial score (nSPS) is 12.5. The Kier molecular flexibility index (Phi) is 3.26. The van der Waals surface area contributed by atoms with Crippen LogP contribution in [0.1, 0.15) is 18.8 Å². The monoisotopic (exact) mass is 253 g/mol. The minimum Gasteiger partial charge on any atom is -0.495 e. The summed E-state index contributed by atoms with van der Waals surface area (Å²) in [6, 6.07) is 5.03. The molecular weight excluding hydrogens is 242 g/mol. The zero-order valence-corrected chi connectivity index (χ0v) is 10.2. The van der Waals surface area contributed by atoms with Crippen LogP contribution in [-0.2, 0) is 0 Å². The van der Waals surface area contributed by atoms with Crippen molar-refractivity contribution in [3.8, 4) is 11.4 Å². The lowest BCUT2D eigenvalue weighted by atomic mass is 10.3. The molecule has 1 atom stereocenters. The number of hydrogen-bond acceptors (Lipinski definition) is 5. The van der Waals surface area contributed by atoms with Crippen LogP contribution >= 0.6 is 11.6 Å². The third-order valence-electron chi connectivity index (χ3n) is 2.28. The molecule has 1 unspecified atom stereocenters. The predicted octanol–water partition coefficient (Wildman–Crippen LogP) is 1.34. The third-order valence-corrected chi connectivity index (χ3v) is 2.58. The van der Waals surface area contributed by atoms with E-state index in [0.29, 0.717) is 16.6 Å². The lowest BCUT2D eigenvalue weighted by Crippen LogP contribution is -2.13. The van der Waals surface area contributed by atoms with Crippen LogP contribution in [0.2, 0.25) is 5.02 Å². The van der Waals surface area contributed by atoms with Crippen LogP contribution in [0.4, 0.5) is 0 Å². The Balaban J connectivity index is 2.46. The number of methoxy groups -OCH3 is 1. The molecule has 0 saturated heterocycles. The molecule has 0 aliphatic heterocycles. The molecule has 2 rings (SSSR count). The van der Waals surface area contributed by atoms with Gasteiger partial charge in [-0.3, -0.25) is 0 Å². The first-order valence-electron chi connectivity index (χ1n) is 5.01. The maximum Gasteiger partial charge on any atom is 0.173 e. The zero-order chi connectivity index (χ0) is 12.4. The second-order valence-electron chi connectivity index (χ2n) is 3.56. The number of nitrogens with two attached hydrogens (primary N) is 1. The van der Waals surface area contributed by atoms with E-state index in [4.69, 9.17) is 22.1 Å². The molecule has 7 heteroatoms. The quantitative estimate of drug-likeness (QED) is 0.893. The highest BCUT2D eigenvalue weighted by Crippen LogP contribution is 2.26. The minimum atomic E-state index is -0.258. The van der Waals surface area contributed by atoms with Crippen molar-refractivity contribution in [2.45, 2.75) is 13.0 Å². The Labute approximate surface area is 103 Å². The average Bonchev–Trinajstić information content (AvgIpc) is 2.77. The van der Waals surface area contributed by atoms with Crippen molar-refractivity contribution in [3.63, 3.8) is 0 Å². The summed E-state index contributed by atoms with van der Waals surface area (Å²) in [5.41, 5.74) is 6.51. The van der Waals surface area contributed by atoms with Crippen LogP contribution < -0.4 is 10.5 Å². The van der Waals surface area contributed by atoms with Crippen LogP contribution in [0.15, 0.2) is 18.2 Å². The molecule has 1 aromatic carbocycles. The fourth-order valence-electron chi connectivity index (χ4n) is 1.45. The average molecular weight is 254 g/mol. The summed E-state index contributed by atoms with van der Waals surface area (Å²) < 4.78 is 6.63. The van der Waals surface area contributed by atoms with E-state index in [9.17, 15) is 0 Å². The van der Waals surface area contributed by atoms with Crippen molar-refractivity contribution in [1.82, 2.24) is 20.2 Å². The number of rotatable bonds is 3. The number of hydrogen-bond donors (Lipinski definition) is 1. The van der Waals surface area contributed by atoms with Gasteiger partial charge in [0, 0.05) is 0 Å². The first kappa shape index (κ1) is 11.8. The third kappa shape index (κ3) is 2.22. The van der Waals surface area contributed by atoms with Crippen molar-refractivity contribution in [3.05, 3.63) is 29.0 Å². The molecule has 1 aromatic heterocycles. The molecule has 90 valence electrons. The summed E-state index contributed by atoms with van der Waals surface area (Å²) in [5.74, 6) is 1.18. The number of benzene rings is 1. The fraction of sp³-hybridized carbons (Fsp3) is 0.300. The van der Waals surface area contributed by atoms with Gasteiger partial charge in [0.2, 0.25) is 0 Å². The smallest absolute Gasteiger partial charge is 0.173 e. The molecule has 2 aromatic rings. The van der Waals surface area contributed by atoms with E-state index in [-0.39, 0.29) is 6.04 Å². The van der Waals surface area contributed by atoms with Crippen molar-refractivity contribution < 1.29 is 4.74 Å². The van der Waals surface area contributed by atoms with E-state index in [1.54, 1.807) is 23.9 Å². The molecular formula is C10H12ClN5O. The maximum absolute atomic E-state index is 6.04. The summed E-state index contributed by atoms with van der Waals surface area (Å²) in [6.45, 7) is 1.81. The Morgan fingerprint density at radius 2 is 2.24 bits per heavy atom. The first-order valence-corrected chi connectivity index (χ1v) is 5.39. The minimum absolute atomic E-state index is 0.258. The van der Waals surface area contributed by atoms with Gasteiger partial charge < -0.3 is 10.5 Å². The van der Waals surface area contributed by atoms with Gasteiger partial charge in [0.05, 0.1) is 23.9 Å². The van der Waals surface area contributed by atoms with E-state index >= 15 is 0 Å². The van der Waals surface area contributed by atoms with Gasteiger partial charge in [-0.25, -0.2) is 0 Å². The van der Waals surface area contributed by atoms with E-state index in [1.165, 1.54) is 0 Å². The fourth-order valence-corrected chi connectivity index (χ4v) is 1.70. The molecule has 6 nitrogen and oxygen atoms in total. The standard InChI is InChI=1S/C10H12ClN5O/c1-6(12)10-13-14-15-16(10)7-3-4-9(17-2)8(11)5-7/h3-6H,12H2,1-2H3. The van der Waals surface area contributed by atoms with Crippen molar-refractivity contribution >= 4 is 11.6 Å². The number of ether oxygens (including phenoxy) is 1. The van der Waals surface area contributed by atoms with Gasteiger partial charge in [-0.1, -0.05) is 11.6 Å². The summed E-state index contributed by atoms with van der Waals surface area (Å²) >= 11 is 6.04. The number of tetrazole rings is 1. The highest BCUT2D eigenvalue weighted by atomic mass is 35.5. The van der Waals surface area contributed by atoms with Gasteiger partial charge >= 0.3 is 0 Å². The Morgan fingerprint density at radius 3 is 2.82 bits per heavy atom. The second kappa shape index (κ2) is 4.68.